The van der Waals surface area contributed by atoms with Crippen molar-refractivity contribution >= 4 is 42.2 Å². The molecular formula is C16H29N5O6S. The van der Waals surface area contributed by atoms with Gasteiger partial charge in [0.2, 0.25) is 23.6 Å². The Hall–Kier alpha value is -2.34. The zero-order valence-corrected chi connectivity index (χ0v) is 17.0. The van der Waals surface area contributed by atoms with E-state index >= 15 is 0 Å². The zero-order chi connectivity index (χ0) is 22.0. The van der Waals surface area contributed by atoms with Crippen molar-refractivity contribution in [2.24, 2.45) is 17.4 Å². The maximum Gasteiger partial charge on any atom is 0.326 e. The smallest absolute Gasteiger partial charge is 0.326 e. The summed E-state index contributed by atoms with van der Waals surface area (Å²) < 4.78 is 0. The molecule has 4 amide bonds. The molecule has 0 aromatic rings. The molecule has 160 valence electrons. The number of hydrogen-bond donors (Lipinski definition) is 7. The maximum absolute atomic E-state index is 12.5. The van der Waals surface area contributed by atoms with Crippen LogP contribution in [0, 0.1) is 5.92 Å². The van der Waals surface area contributed by atoms with Crippen molar-refractivity contribution in [2.45, 2.75) is 57.8 Å². The van der Waals surface area contributed by atoms with E-state index in [4.69, 9.17) is 16.6 Å². The van der Waals surface area contributed by atoms with E-state index in [2.05, 4.69) is 28.6 Å². The van der Waals surface area contributed by atoms with Crippen molar-refractivity contribution in [3.63, 3.8) is 0 Å². The van der Waals surface area contributed by atoms with E-state index in [0.717, 1.165) is 0 Å². The average molecular weight is 420 g/mol. The molecule has 0 aromatic heterocycles. The van der Waals surface area contributed by atoms with Gasteiger partial charge in [0.25, 0.3) is 0 Å². The predicted octanol–water partition coefficient (Wildman–Crippen LogP) is -2.28. The Bertz CT molecular complexity index is 598. The second-order valence-corrected chi connectivity index (χ2v) is 7.03. The fraction of sp³-hybridized carbons (Fsp3) is 0.688. The van der Waals surface area contributed by atoms with Gasteiger partial charge in [0, 0.05) is 12.2 Å². The first-order valence-corrected chi connectivity index (χ1v) is 9.32. The van der Waals surface area contributed by atoms with Crippen molar-refractivity contribution in [1.29, 1.82) is 0 Å². The zero-order valence-electron chi connectivity index (χ0n) is 16.1. The standard InChI is InChI=1S/C16H29N5O6S/c1-7(2)12(16(26)27)21-15(25)10(6-28)20-14(24)9(4-5-11(18)22)19-13(23)8(3)17/h7-10,12,28H,4-6,17H2,1-3H3,(H2,18,22)(H,19,23)(H,20,24)(H,21,25)(H,26,27). The Kier molecular flexibility index (Phi) is 11.2. The number of hydrogen-bond acceptors (Lipinski definition) is 7. The number of carboxylic acid groups (broad SMARTS) is 1. The van der Waals surface area contributed by atoms with Crippen LogP contribution in [0.3, 0.4) is 0 Å². The third kappa shape index (κ3) is 9.04. The van der Waals surface area contributed by atoms with E-state index in [9.17, 15) is 24.0 Å². The van der Waals surface area contributed by atoms with Crippen LogP contribution < -0.4 is 27.4 Å². The number of nitrogens with one attached hydrogen (secondary N) is 3. The molecule has 0 aromatic carbocycles. The van der Waals surface area contributed by atoms with Gasteiger partial charge in [0.15, 0.2) is 0 Å². The number of thiol groups is 1. The molecule has 0 aliphatic rings. The first-order valence-electron chi connectivity index (χ1n) is 8.69. The van der Waals surface area contributed by atoms with Crippen LogP contribution in [0.15, 0.2) is 0 Å². The van der Waals surface area contributed by atoms with E-state index in [0.29, 0.717) is 0 Å². The summed E-state index contributed by atoms with van der Waals surface area (Å²) in [6, 6.07) is -4.34. The van der Waals surface area contributed by atoms with Crippen molar-refractivity contribution in [2.75, 3.05) is 5.75 Å². The Labute approximate surface area is 168 Å². The van der Waals surface area contributed by atoms with Gasteiger partial charge in [-0.05, 0) is 19.3 Å². The van der Waals surface area contributed by atoms with Crippen LogP contribution in [0.2, 0.25) is 0 Å². The average Bonchev–Trinajstić information content (AvgIpc) is 2.59. The number of amides is 4. The summed E-state index contributed by atoms with van der Waals surface area (Å²) in [7, 11) is 0. The molecule has 0 bridgehead atoms. The highest BCUT2D eigenvalue weighted by Gasteiger charge is 2.30. The molecule has 8 N–H and O–H groups in total. The fourth-order valence-corrected chi connectivity index (χ4v) is 2.35. The van der Waals surface area contributed by atoms with Crippen molar-refractivity contribution in [1.82, 2.24) is 16.0 Å². The van der Waals surface area contributed by atoms with Crippen LogP contribution in [-0.4, -0.2) is 64.6 Å². The van der Waals surface area contributed by atoms with Crippen LogP contribution in [0.25, 0.3) is 0 Å². The van der Waals surface area contributed by atoms with Gasteiger partial charge >= 0.3 is 5.97 Å². The van der Waals surface area contributed by atoms with Gasteiger partial charge in [-0.15, -0.1) is 0 Å². The number of rotatable bonds is 12. The van der Waals surface area contributed by atoms with Crippen LogP contribution in [0.1, 0.15) is 33.6 Å². The molecule has 0 rings (SSSR count). The summed E-state index contributed by atoms with van der Waals surface area (Å²) in [6.45, 7) is 4.66. The molecular weight excluding hydrogens is 390 g/mol. The number of carbonyl (C=O) groups is 5. The molecule has 11 nitrogen and oxygen atoms in total. The maximum atomic E-state index is 12.5. The van der Waals surface area contributed by atoms with Gasteiger partial charge in [-0.3, -0.25) is 19.2 Å². The molecule has 12 heteroatoms. The predicted molar refractivity (Wildman–Crippen MR) is 104 cm³/mol. The second-order valence-electron chi connectivity index (χ2n) is 6.67. The summed E-state index contributed by atoms with van der Waals surface area (Å²) in [5.74, 6) is -4.49. The van der Waals surface area contributed by atoms with Crippen molar-refractivity contribution < 1.29 is 29.1 Å². The number of carboxylic acids is 1. The highest BCUT2D eigenvalue weighted by Crippen LogP contribution is 2.04. The van der Waals surface area contributed by atoms with Gasteiger partial charge in [-0.1, -0.05) is 13.8 Å². The van der Waals surface area contributed by atoms with Crippen LogP contribution in [0.5, 0.6) is 0 Å². The summed E-state index contributed by atoms with van der Waals surface area (Å²) >= 11 is 4.01. The van der Waals surface area contributed by atoms with Gasteiger partial charge in [0.05, 0.1) is 6.04 Å². The van der Waals surface area contributed by atoms with Crippen molar-refractivity contribution in [3.8, 4) is 0 Å². The SMILES string of the molecule is CC(N)C(=O)NC(CCC(N)=O)C(=O)NC(CS)C(=O)NC(C(=O)O)C(C)C. The highest BCUT2D eigenvalue weighted by atomic mass is 32.1. The lowest BCUT2D eigenvalue weighted by Crippen LogP contribution is -2.58. The minimum Gasteiger partial charge on any atom is -0.480 e. The van der Waals surface area contributed by atoms with Crippen LogP contribution in [0.4, 0.5) is 0 Å². The first kappa shape index (κ1) is 25.7. The van der Waals surface area contributed by atoms with E-state index < -0.39 is 53.8 Å². The minimum atomic E-state index is -1.21. The lowest BCUT2D eigenvalue weighted by atomic mass is 10.0. The molecule has 0 fully saturated rings. The Morgan fingerprint density at radius 1 is 0.929 bits per heavy atom. The van der Waals surface area contributed by atoms with Gasteiger partial charge in [-0.2, -0.15) is 12.6 Å². The monoisotopic (exact) mass is 419 g/mol. The molecule has 0 heterocycles. The molecule has 0 aliphatic carbocycles. The second kappa shape index (κ2) is 12.2. The van der Waals surface area contributed by atoms with E-state index in [-0.39, 0.29) is 24.5 Å². The summed E-state index contributed by atoms with van der Waals surface area (Å²) in [4.78, 5) is 58.8. The topological polar surface area (TPSA) is 194 Å². The fourth-order valence-electron chi connectivity index (χ4n) is 2.09. The third-order valence-corrected chi connectivity index (χ3v) is 4.14. The largest absolute Gasteiger partial charge is 0.480 e. The van der Waals surface area contributed by atoms with Gasteiger partial charge in [-0.25, -0.2) is 4.79 Å². The molecule has 0 aliphatic heterocycles. The van der Waals surface area contributed by atoms with E-state index in [1.165, 1.54) is 6.92 Å². The summed E-state index contributed by atoms with van der Waals surface area (Å²) in [5.41, 5.74) is 10.5. The first-order chi connectivity index (χ1) is 12.9. The van der Waals surface area contributed by atoms with Gasteiger partial charge < -0.3 is 32.5 Å². The Balaban J connectivity index is 5.19. The van der Waals surface area contributed by atoms with E-state index in [1.54, 1.807) is 13.8 Å². The molecule has 4 unspecified atom stereocenters. The number of primary amides is 1. The molecule has 0 saturated heterocycles. The molecule has 0 spiro atoms. The Morgan fingerprint density at radius 2 is 1.43 bits per heavy atom. The number of nitrogens with two attached hydrogens (primary N) is 2. The highest BCUT2D eigenvalue weighted by molar-refractivity contribution is 7.80. The lowest BCUT2D eigenvalue weighted by Gasteiger charge is -2.25. The number of carbonyl (C=O) groups excluding carboxylic acids is 4. The molecule has 0 radical (unpaired) electrons. The number of aliphatic carboxylic acids is 1. The van der Waals surface area contributed by atoms with E-state index in [1.807, 2.05) is 0 Å². The molecule has 28 heavy (non-hydrogen) atoms. The summed E-state index contributed by atoms with van der Waals surface area (Å²) in [6.07, 6.45) is -0.270. The quantitative estimate of drug-likeness (QED) is 0.173. The molecule has 0 saturated carbocycles. The Morgan fingerprint density at radius 3 is 1.82 bits per heavy atom. The minimum absolute atomic E-state index is 0.0930. The summed E-state index contributed by atoms with van der Waals surface area (Å²) in [5, 5.41) is 16.3. The normalized spacial score (nSPS) is 15.1. The lowest BCUT2D eigenvalue weighted by molar-refractivity contribution is -0.143. The van der Waals surface area contributed by atoms with Crippen LogP contribution >= 0.6 is 12.6 Å². The third-order valence-electron chi connectivity index (χ3n) is 3.77. The van der Waals surface area contributed by atoms with Gasteiger partial charge in [0.1, 0.15) is 18.1 Å². The van der Waals surface area contributed by atoms with Crippen LogP contribution in [-0.2, 0) is 24.0 Å². The molecule has 4 atom stereocenters. The van der Waals surface area contributed by atoms with Crippen molar-refractivity contribution in [3.05, 3.63) is 0 Å².